The van der Waals surface area contributed by atoms with Crippen LogP contribution in [0.1, 0.15) is 142 Å². The van der Waals surface area contributed by atoms with Crippen molar-refractivity contribution in [1.82, 2.24) is 0 Å². The van der Waals surface area contributed by atoms with Crippen LogP contribution in [0.3, 0.4) is 0 Å². The number of hydrogen-bond donors (Lipinski definition) is 6. The van der Waals surface area contributed by atoms with Gasteiger partial charge in [-0.2, -0.15) is 0 Å². The molecule has 0 aliphatic rings. The molecule has 0 fully saturated rings. The van der Waals surface area contributed by atoms with Crippen LogP contribution in [-0.2, 0) is 4.74 Å². The quantitative estimate of drug-likeness (QED) is 0.0801. The number of hydrogen-bond acceptors (Lipinski definition) is 7. The topological polar surface area (TPSA) is 131 Å². The molecule has 0 bridgehead atoms. The first-order chi connectivity index (χ1) is 18.0. The second kappa shape index (κ2) is 40.2. The molecule has 37 heavy (non-hydrogen) atoms. The fourth-order valence-electron chi connectivity index (χ4n) is 3.60. The summed E-state index contributed by atoms with van der Waals surface area (Å²) in [6, 6.07) is 0. The molecule has 0 rings (SSSR count). The van der Waals surface area contributed by atoms with E-state index in [1.165, 1.54) is 128 Å². The van der Waals surface area contributed by atoms with E-state index in [0.717, 1.165) is 13.2 Å². The normalized spacial score (nSPS) is 10.9. The second-order valence-corrected chi connectivity index (χ2v) is 10.0. The third-order valence-electron chi connectivity index (χ3n) is 6.13. The van der Waals surface area contributed by atoms with E-state index in [9.17, 15) is 0 Å². The lowest BCUT2D eigenvalue weighted by Gasteiger charge is -2.05. The molecule has 6 N–H and O–H groups in total. The maximum atomic E-state index is 8.17. The third kappa shape index (κ3) is 46.0. The van der Waals surface area contributed by atoms with Crippen LogP contribution in [0.5, 0.6) is 0 Å². The summed E-state index contributed by atoms with van der Waals surface area (Å²) in [4.78, 5) is 0. The Hall–Kier alpha value is -0.280. The molecule has 0 heterocycles. The molecule has 7 heteroatoms. The highest BCUT2D eigenvalue weighted by Crippen LogP contribution is 2.12. The number of aliphatic hydroxyl groups is 6. The zero-order chi connectivity index (χ0) is 28.2. The molecular weight excluding hydrogens is 472 g/mol. The van der Waals surface area contributed by atoms with E-state index >= 15 is 0 Å². The smallest absolute Gasteiger partial charge is 0.100 e. The van der Waals surface area contributed by atoms with E-state index in [0.29, 0.717) is 0 Å². The Balaban J connectivity index is -0.000000790. The van der Waals surface area contributed by atoms with Gasteiger partial charge < -0.3 is 35.4 Å². The number of aliphatic hydroxyl groups excluding tert-OH is 6. The van der Waals surface area contributed by atoms with Crippen LogP contribution in [-0.4, -0.2) is 82.5 Å². The van der Waals surface area contributed by atoms with Gasteiger partial charge in [-0.3, -0.25) is 0 Å². The Morgan fingerprint density at radius 2 is 0.595 bits per heavy atom. The van der Waals surface area contributed by atoms with Crippen molar-refractivity contribution in [2.45, 2.75) is 154 Å². The zero-order valence-corrected chi connectivity index (χ0v) is 24.6. The summed E-state index contributed by atoms with van der Waals surface area (Å²) in [6.07, 6.45) is 26.2. The molecule has 0 unspecified atom stereocenters. The molecule has 0 aromatic heterocycles. The molecule has 0 radical (unpaired) electrons. The summed E-state index contributed by atoms with van der Waals surface area (Å²) >= 11 is 0. The highest BCUT2D eigenvalue weighted by molar-refractivity contribution is 4.49. The summed E-state index contributed by atoms with van der Waals surface area (Å²) < 4.78 is 5.78. The van der Waals surface area contributed by atoms with E-state index < -0.39 is 12.2 Å². The lowest BCUT2D eigenvalue weighted by atomic mass is 10.1. The Morgan fingerprint density at radius 3 is 0.784 bits per heavy atom. The molecule has 7 nitrogen and oxygen atoms in total. The fraction of sp³-hybridized carbons (Fsp3) is 1.00. The molecule has 0 atom stereocenters. The van der Waals surface area contributed by atoms with Crippen LogP contribution in [0, 0.1) is 0 Å². The first-order valence-corrected chi connectivity index (χ1v) is 15.4. The van der Waals surface area contributed by atoms with Crippen LogP contribution in [0.2, 0.25) is 0 Å². The van der Waals surface area contributed by atoms with Crippen molar-refractivity contribution in [1.29, 1.82) is 0 Å². The maximum Gasteiger partial charge on any atom is 0.100 e. The monoisotopic (exact) mass is 538 g/mol. The lowest BCUT2D eigenvalue weighted by Crippen LogP contribution is -2.15. The molecular formula is C30H66O7. The summed E-state index contributed by atoms with van der Waals surface area (Å²) in [5.74, 6) is 0. The first kappa shape index (κ1) is 41.2. The van der Waals surface area contributed by atoms with Gasteiger partial charge in [0.25, 0.3) is 0 Å². The third-order valence-corrected chi connectivity index (χ3v) is 6.13. The molecule has 0 amide bonds. The molecule has 228 valence electrons. The minimum Gasteiger partial charge on any atom is -0.394 e. The summed E-state index contributed by atoms with van der Waals surface area (Å²) in [6.45, 7) is 5.11. The van der Waals surface area contributed by atoms with Crippen molar-refractivity contribution >= 4 is 0 Å². The average molecular weight is 539 g/mol. The summed E-state index contributed by atoms with van der Waals surface area (Å²) in [5, 5.41) is 48.0. The Bertz CT molecular complexity index is 319. The molecule has 0 aromatic rings. The zero-order valence-electron chi connectivity index (χ0n) is 24.6. The van der Waals surface area contributed by atoms with Gasteiger partial charge in [-0.15, -0.1) is 0 Å². The van der Waals surface area contributed by atoms with E-state index in [2.05, 4.69) is 13.8 Å². The van der Waals surface area contributed by atoms with Crippen molar-refractivity contribution in [2.75, 3.05) is 39.6 Å². The van der Waals surface area contributed by atoms with Crippen LogP contribution in [0.25, 0.3) is 0 Å². The highest BCUT2D eigenvalue weighted by Gasteiger charge is 1.96. The molecule has 0 saturated heterocycles. The SMILES string of the molecule is CCCCCCCCCCCCOCCCCCCCCCCCC.OCC(O)CO.OCC(O)CO. The van der Waals surface area contributed by atoms with Crippen molar-refractivity contribution in [2.24, 2.45) is 0 Å². The predicted molar refractivity (Wildman–Crippen MR) is 155 cm³/mol. The Kier molecular flexibility index (Phi) is 44.8. The standard InChI is InChI=1S/C24H50O.2C3H8O3/c1-3-5-7-9-11-13-15-17-19-21-23-25-24-22-20-18-16-14-12-10-8-6-4-2;2*4-1-3(6)2-5/h3-24H2,1-2H3;2*3-6H,1-2H2. The van der Waals surface area contributed by atoms with Gasteiger partial charge in [-0.1, -0.05) is 129 Å². The first-order valence-electron chi connectivity index (χ1n) is 15.4. The summed E-state index contributed by atoms with van der Waals surface area (Å²) in [5.41, 5.74) is 0. The number of rotatable bonds is 26. The minimum absolute atomic E-state index is 0.365. The van der Waals surface area contributed by atoms with Crippen molar-refractivity contribution in [3.05, 3.63) is 0 Å². The van der Waals surface area contributed by atoms with Gasteiger partial charge in [0.05, 0.1) is 26.4 Å². The number of unbranched alkanes of at least 4 members (excludes halogenated alkanes) is 18. The van der Waals surface area contributed by atoms with Crippen molar-refractivity contribution in [3.63, 3.8) is 0 Å². The largest absolute Gasteiger partial charge is 0.394 e. The van der Waals surface area contributed by atoms with Crippen LogP contribution in [0.4, 0.5) is 0 Å². The van der Waals surface area contributed by atoms with Crippen LogP contribution in [0.15, 0.2) is 0 Å². The van der Waals surface area contributed by atoms with Gasteiger partial charge in [0.1, 0.15) is 12.2 Å². The van der Waals surface area contributed by atoms with E-state index in [1.54, 1.807) is 0 Å². The number of ether oxygens (including phenoxy) is 1. The predicted octanol–water partition coefficient (Wildman–Crippen LogP) is 5.51. The van der Waals surface area contributed by atoms with E-state index in [1.807, 2.05) is 0 Å². The lowest BCUT2D eigenvalue weighted by molar-refractivity contribution is 0.0450. The Labute approximate surface area is 229 Å². The van der Waals surface area contributed by atoms with Gasteiger partial charge in [0.2, 0.25) is 0 Å². The maximum absolute atomic E-state index is 8.17. The molecule has 0 aliphatic heterocycles. The van der Waals surface area contributed by atoms with Gasteiger partial charge in [0, 0.05) is 13.2 Å². The van der Waals surface area contributed by atoms with E-state index in [4.69, 9.17) is 35.4 Å². The average Bonchev–Trinajstić information content (AvgIpc) is 2.93. The molecule has 0 saturated carbocycles. The minimum atomic E-state index is -0.954. The van der Waals surface area contributed by atoms with Gasteiger partial charge in [-0.05, 0) is 12.8 Å². The van der Waals surface area contributed by atoms with E-state index in [-0.39, 0.29) is 26.4 Å². The molecule has 0 aliphatic carbocycles. The van der Waals surface area contributed by atoms with Crippen LogP contribution >= 0.6 is 0 Å². The van der Waals surface area contributed by atoms with Crippen molar-refractivity contribution < 1.29 is 35.4 Å². The fourth-order valence-corrected chi connectivity index (χ4v) is 3.60. The van der Waals surface area contributed by atoms with Gasteiger partial charge in [-0.25, -0.2) is 0 Å². The molecule has 0 aromatic carbocycles. The van der Waals surface area contributed by atoms with Gasteiger partial charge >= 0.3 is 0 Å². The highest BCUT2D eigenvalue weighted by atomic mass is 16.5. The second-order valence-electron chi connectivity index (χ2n) is 10.0. The van der Waals surface area contributed by atoms with Crippen molar-refractivity contribution in [3.8, 4) is 0 Å². The molecule has 0 spiro atoms. The Morgan fingerprint density at radius 1 is 0.378 bits per heavy atom. The summed E-state index contributed by atoms with van der Waals surface area (Å²) in [7, 11) is 0. The van der Waals surface area contributed by atoms with Gasteiger partial charge in [0.15, 0.2) is 0 Å². The van der Waals surface area contributed by atoms with Crippen LogP contribution < -0.4 is 0 Å².